The molecule has 0 bridgehead atoms. The largest absolute Gasteiger partial charge is 0.497 e. The van der Waals surface area contributed by atoms with Crippen molar-refractivity contribution in [2.45, 2.75) is 44.5 Å². The summed E-state index contributed by atoms with van der Waals surface area (Å²) < 4.78 is 5.15. The van der Waals surface area contributed by atoms with Crippen LogP contribution in [0.15, 0.2) is 29.3 Å². The maximum atomic E-state index is 12.6. The molecular weight excluding hydrogens is 378 g/mol. The second-order valence-electron chi connectivity index (χ2n) is 6.37. The average molecular weight is 402 g/mol. The molecule has 3 aromatic rings. The van der Waals surface area contributed by atoms with Crippen molar-refractivity contribution >= 4 is 39.2 Å². The molecule has 0 aliphatic heterocycles. The lowest BCUT2D eigenvalue weighted by molar-refractivity contribution is -0.120. The zero-order chi connectivity index (χ0) is 19.6. The van der Waals surface area contributed by atoms with Gasteiger partial charge in [0.1, 0.15) is 21.4 Å². The number of benzene rings is 1. The van der Waals surface area contributed by atoms with E-state index in [1.165, 1.54) is 22.2 Å². The molecule has 0 spiro atoms. The van der Waals surface area contributed by atoms with E-state index in [9.17, 15) is 4.79 Å². The topological polar surface area (TPSA) is 64.1 Å². The molecule has 142 valence electrons. The second-order valence-corrected chi connectivity index (χ2v) is 8.90. The maximum absolute atomic E-state index is 12.6. The van der Waals surface area contributed by atoms with Gasteiger partial charge in [0.15, 0.2) is 0 Å². The maximum Gasteiger partial charge on any atom is 0.233 e. The van der Waals surface area contributed by atoms with Crippen LogP contribution < -0.4 is 10.1 Å². The fourth-order valence-corrected chi connectivity index (χ4v) is 4.91. The zero-order valence-corrected chi connectivity index (χ0v) is 17.8. The predicted octanol–water partition coefficient (Wildman–Crippen LogP) is 4.42. The van der Waals surface area contributed by atoms with E-state index in [2.05, 4.69) is 29.1 Å². The molecule has 0 aliphatic rings. The van der Waals surface area contributed by atoms with Crippen LogP contribution in [0, 0.1) is 20.8 Å². The Kier molecular flexibility index (Phi) is 6.01. The number of carbonyl (C=O) groups is 1. The number of nitrogens with one attached hydrogen (secondary N) is 1. The van der Waals surface area contributed by atoms with E-state index < -0.39 is 0 Å². The Morgan fingerprint density at radius 3 is 2.59 bits per heavy atom. The van der Waals surface area contributed by atoms with Gasteiger partial charge in [-0.3, -0.25) is 4.79 Å². The molecule has 5 nitrogen and oxygen atoms in total. The van der Waals surface area contributed by atoms with E-state index in [-0.39, 0.29) is 11.2 Å². The minimum Gasteiger partial charge on any atom is -0.497 e. The van der Waals surface area contributed by atoms with Crippen LogP contribution in [0.25, 0.3) is 10.2 Å². The Morgan fingerprint density at radius 2 is 1.93 bits per heavy atom. The van der Waals surface area contributed by atoms with Crippen molar-refractivity contribution in [2.75, 3.05) is 7.11 Å². The van der Waals surface area contributed by atoms with Crippen LogP contribution in [0.5, 0.6) is 5.75 Å². The molecule has 2 heterocycles. The Morgan fingerprint density at radius 1 is 1.22 bits per heavy atom. The number of carbonyl (C=O) groups excluding carboxylic acids is 1. The number of ether oxygens (including phenoxy) is 1. The molecule has 1 aromatic carbocycles. The highest BCUT2D eigenvalue weighted by molar-refractivity contribution is 8.00. The van der Waals surface area contributed by atoms with Crippen molar-refractivity contribution in [3.63, 3.8) is 0 Å². The van der Waals surface area contributed by atoms with Crippen LogP contribution in [0.4, 0.5) is 0 Å². The summed E-state index contributed by atoms with van der Waals surface area (Å²) in [6.45, 7) is 8.47. The van der Waals surface area contributed by atoms with Crippen molar-refractivity contribution < 1.29 is 9.53 Å². The first-order valence-electron chi connectivity index (χ1n) is 8.70. The molecular formula is C20H23N3O2S2. The van der Waals surface area contributed by atoms with Crippen molar-refractivity contribution in [3.8, 4) is 5.75 Å². The lowest BCUT2D eigenvalue weighted by atomic mass is 10.2. The highest BCUT2D eigenvalue weighted by Crippen LogP contribution is 2.36. The first kappa shape index (κ1) is 19.6. The number of fused-ring (bicyclic) bond motifs is 1. The van der Waals surface area contributed by atoms with Crippen LogP contribution in [0.1, 0.15) is 28.8 Å². The molecule has 1 amide bonds. The first-order valence-corrected chi connectivity index (χ1v) is 10.4. The fourth-order valence-electron chi connectivity index (χ4n) is 2.70. The van der Waals surface area contributed by atoms with Gasteiger partial charge >= 0.3 is 0 Å². The van der Waals surface area contributed by atoms with E-state index in [1.54, 1.807) is 18.4 Å². The summed E-state index contributed by atoms with van der Waals surface area (Å²) in [5.74, 6) is 1.53. The highest BCUT2D eigenvalue weighted by atomic mass is 32.2. The van der Waals surface area contributed by atoms with Gasteiger partial charge in [-0.25, -0.2) is 9.97 Å². The number of amides is 1. The molecule has 0 unspecified atom stereocenters. The smallest absolute Gasteiger partial charge is 0.233 e. The number of methoxy groups -OCH3 is 1. The van der Waals surface area contributed by atoms with E-state index >= 15 is 0 Å². The molecule has 0 saturated heterocycles. The number of nitrogens with zero attached hydrogens (tertiary/aromatic N) is 2. The fraction of sp³-hybridized carbons (Fsp3) is 0.350. The van der Waals surface area contributed by atoms with Gasteiger partial charge in [-0.15, -0.1) is 11.3 Å². The van der Waals surface area contributed by atoms with Crippen molar-refractivity contribution in [3.05, 3.63) is 46.1 Å². The van der Waals surface area contributed by atoms with Gasteiger partial charge in [0, 0.05) is 16.8 Å². The third-order valence-electron chi connectivity index (χ3n) is 4.39. The van der Waals surface area contributed by atoms with Gasteiger partial charge in [-0.05, 0) is 51.0 Å². The Labute approximate surface area is 167 Å². The summed E-state index contributed by atoms with van der Waals surface area (Å²) >= 11 is 3.17. The van der Waals surface area contributed by atoms with Gasteiger partial charge < -0.3 is 10.1 Å². The molecule has 1 N–H and O–H groups in total. The molecule has 3 rings (SSSR count). The van der Waals surface area contributed by atoms with Crippen molar-refractivity contribution in [2.24, 2.45) is 0 Å². The minimum absolute atomic E-state index is 0.00941. The lowest BCUT2D eigenvalue weighted by Gasteiger charge is -2.13. The summed E-state index contributed by atoms with van der Waals surface area (Å²) in [5, 5.41) is 4.70. The summed E-state index contributed by atoms with van der Waals surface area (Å²) in [4.78, 5) is 23.9. The number of rotatable bonds is 6. The van der Waals surface area contributed by atoms with Crippen LogP contribution in [0.2, 0.25) is 0 Å². The van der Waals surface area contributed by atoms with E-state index in [0.29, 0.717) is 6.54 Å². The first-order chi connectivity index (χ1) is 12.9. The SMILES string of the molecule is COc1ccc(CNC(=O)[C@@H](C)Sc2nc(C)nc3sc(C)c(C)c23)cc1. The van der Waals surface area contributed by atoms with Crippen molar-refractivity contribution in [1.82, 2.24) is 15.3 Å². The lowest BCUT2D eigenvalue weighted by Crippen LogP contribution is -2.30. The molecule has 0 fully saturated rings. The number of aryl methyl sites for hydroxylation is 3. The third kappa shape index (κ3) is 4.42. The highest BCUT2D eigenvalue weighted by Gasteiger charge is 2.20. The summed E-state index contributed by atoms with van der Waals surface area (Å²) in [7, 11) is 1.64. The Balaban J connectivity index is 1.70. The third-order valence-corrected chi connectivity index (χ3v) is 6.58. The second kappa shape index (κ2) is 8.27. The predicted molar refractivity (Wildman–Crippen MR) is 112 cm³/mol. The van der Waals surface area contributed by atoms with Crippen LogP contribution >= 0.6 is 23.1 Å². The molecule has 7 heteroatoms. The van der Waals surface area contributed by atoms with Crippen molar-refractivity contribution in [1.29, 1.82) is 0 Å². The molecule has 2 aromatic heterocycles. The number of hydrogen-bond donors (Lipinski definition) is 1. The van der Waals surface area contributed by atoms with E-state index in [4.69, 9.17) is 4.74 Å². The van der Waals surface area contributed by atoms with Crippen LogP contribution in [-0.4, -0.2) is 28.2 Å². The number of thioether (sulfide) groups is 1. The summed E-state index contributed by atoms with van der Waals surface area (Å²) in [6, 6.07) is 7.68. The zero-order valence-electron chi connectivity index (χ0n) is 16.1. The van der Waals surface area contributed by atoms with E-state index in [0.717, 1.165) is 32.4 Å². The Hall–Kier alpha value is -2.12. The van der Waals surface area contributed by atoms with E-state index in [1.807, 2.05) is 38.1 Å². The van der Waals surface area contributed by atoms with Gasteiger partial charge in [0.2, 0.25) is 5.91 Å². The number of aromatic nitrogens is 2. The molecule has 0 aliphatic carbocycles. The van der Waals surface area contributed by atoms with Crippen LogP contribution in [0.3, 0.4) is 0 Å². The quantitative estimate of drug-likeness (QED) is 0.489. The normalized spacial score (nSPS) is 12.2. The van der Waals surface area contributed by atoms with Gasteiger partial charge in [-0.2, -0.15) is 0 Å². The number of hydrogen-bond acceptors (Lipinski definition) is 6. The van der Waals surface area contributed by atoms with Gasteiger partial charge in [0.25, 0.3) is 0 Å². The average Bonchev–Trinajstić information content (AvgIpc) is 2.93. The molecule has 1 atom stereocenters. The van der Waals surface area contributed by atoms with Crippen LogP contribution in [-0.2, 0) is 11.3 Å². The monoisotopic (exact) mass is 401 g/mol. The standard InChI is InChI=1S/C20H23N3O2S2/c1-11-12(2)26-19-17(11)20(23-14(4)22-19)27-13(3)18(24)21-10-15-6-8-16(25-5)9-7-15/h6-9,13H,10H2,1-5H3,(H,21,24)/t13-/m1/s1. The molecule has 0 saturated carbocycles. The van der Waals surface area contributed by atoms with Gasteiger partial charge in [-0.1, -0.05) is 23.9 Å². The number of thiophene rings is 1. The summed E-state index contributed by atoms with van der Waals surface area (Å²) in [6.07, 6.45) is 0. The summed E-state index contributed by atoms with van der Waals surface area (Å²) in [5.41, 5.74) is 2.23. The molecule has 27 heavy (non-hydrogen) atoms. The van der Waals surface area contributed by atoms with Gasteiger partial charge in [0.05, 0.1) is 12.4 Å². The Bertz CT molecular complexity index is 968. The minimum atomic E-state index is -0.250. The molecule has 0 radical (unpaired) electrons.